The summed E-state index contributed by atoms with van der Waals surface area (Å²) in [6.45, 7) is 3.14. The highest BCUT2D eigenvalue weighted by atomic mass is 16.5. The number of ether oxygens (including phenoxy) is 1. The van der Waals surface area contributed by atoms with Crippen molar-refractivity contribution in [1.82, 2.24) is 9.78 Å². The third-order valence-electron chi connectivity index (χ3n) is 3.72. The standard InChI is InChI=1S/C15H24N2O2/c1-2-19-11-9-15(18)12-13-8-10-17(16-13)14-6-4-3-5-7-14/h8,10,14H,2-7,9,11-12H2,1H3. The molecule has 1 heterocycles. The van der Waals surface area contributed by atoms with Crippen molar-refractivity contribution in [2.75, 3.05) is 13.2 Å². The lowest BCUT2D eigenvalue weighted by Crippen LogP contribution is -2.14. The van der Waals surface area contributed by atoms with Crippen molar-refractivity contribution >= 4 is 5.78 Å². The van der Waals surface area contributed by atoms with Crippen LogP contribution < -0.4 is 0 Å². The first-order valence-electron chi connectivity index (χ1n) is 7.43. The molecule has 4 nitrogen and oxygen atoms in total. The summed E-state index contributed by atoms with van der Waals surface area (Å²) < 4.78 is 7.26. The fraction of sp³-hybridized carbons (Fsp3) is 0.733. The largest absolute Gasteiger partial charge is 0.381 e. The van der Waals surface area contributed by atoms with E-state index in [1.54, 1.807) is 0 Å². The lowest BCUT2D eigenvalue weighted by atomic mass is 9.96. The molecule has 0 aliphatic heterocycles. The first-order valence-corrected chi connectivity index (χ1v) is 7.43. The minimum Gasteiger partial charge on any atom is -0.381 e. The lowest BCUT2D eigenvalue weighted by molar-refractivity contribution is -0.119. The normalized spacial score (nSPS) is 16.7. The van der Waals surface area contributed by atoms with E-state index >= 15 is 0 Å². The highest BCUT2D eigenvalue weighted by Crippen LogP contribution is 2.27. The topological polar surface area (TPSA) is 44.1 Å². The quantitative estimate of drug-likeness (QED) is 0.711. The lowest BCUT2D eigenvalue weighted by Gasteiger charge is -2.21. The molecule has 1 aliphatic rings. The predicted molar refractivity (Wildman–Crippen MR) is 74.2 cm³/mol. The SMILES string of the molecule is CCOCCC(=O)Cc1ccn(C2CCCCC2)n1. The van der Waals surface area contributed by atoms with E-state index in [4.69, 9.17) is 4.74 Å². The summed E-state index contributed by atoms with van der Waals surface area (Å²) in [5.41, 5.74) is 0.895. The van der Waals surface area contributed by atoms with Gasteiger partial charge in [0.25, 0.3) is 0 Å². The van der Waals surface area contributed by atoms with E-state index in [-0.39, 0.29) is 5.78 Å². The molecule has 0 aromatic carbocycles. The van der Waals surface area contributed by atoms with Crippen molar-refractivity contribution in [3.8, 4) is 0 Å². The van der Waals surface area contributed by atoms with Crippen molar-refractivity contribution in [1.29, 1.82) is 0 Å². The van der Waals surface area contributed by atoms with Crippen LogP contribution >= 0.6 is 0 Å². The van der Waals surface area contributed by atoms with Gasteiger partial charge in [-0.1, -0.05) is 19.3 Å². The third kappa shape index (κ3) is 4.46. The van der Waals surface area contributed by atoms with E-state index in [1.165, 1.54) is 32.1 Å². The number of ketones is 1. The highest BCUT2D eigenvalue weighted by Gasteiger charge is 2.16. The van der Waals surface area contributed by atoms with Crippen LogP contribution in [0.5, 0.6) is 0 Å². The summed E-state index contributed by atoms with van der Waals surface area (Å²) in [7, 11) is 0. The van der Waals surface area contributed by atoms with E-state index in [0.29, 0.717) is 32.1 Å². The summed E-state index contributed by atoms with van der Waals surface area (Å²) >= 11 is 0. The summed E-state index contributed by atoms with van der Waals surface area (Å²) in [6, 6.07) is 2.52. The first kappa shape index (κ1) is 14.3. The summed E-state index contributed by atoms with van der Waals surface area (Å²) in [6.07, 6.45) is 9.34. The predicted octanol–water partition coefficient (Wildman–Crippen LogP) is 2.93. The van der Waals surface area contributed by atoms with Gasteiger partial charge < -0.3 is 4.74 Å². The van der Waals surface area contributed by atoms with Gasteiger partial charge in [0.2, 0.25) is 0 Å². The molecule has 106 valence electrons. The number of hydrogen-bond donors (Lipinski definition) is 0. The zero-order valence-electron chi connectivity index (χ0n) is 11.8. The Morgan fingerprint density at radius 1 is 1.42 bits per heavy atom. The molecule has 1 saturated carbocycles. The first-order chi connectivity index (χ1) is 9.29. The Balaban J connectivity index is 1.81. The van der Waals surface area contributed by atoms with Gasteiger partial charge in [0.1, 0.15) is 5.78 Å². The Labute approximate surface area is 115 Å². The second-order valence-corrected chi connectivity index (χ2v) is 5.24. The Kier molecular flexibility index (Phi) is 5.58. The number of nitrogens with zero attached hydrogens (tertiary/aromatic N) is 2. The van der Waals surface area contributed by atoms with Crippen molar-refractivity contribution < 1.29 is 9.53 Å². The van der Waals surface area contributed by atoms with E-state index in [1.807, 2.05) is 19.2 Å². The average molecular weight is 264 g/mol. The molecule has 0 unspecified atom stereocenters. The Hall–Kier alpha value is -1.16. The van der Waals surface area contributed by atoms with Crippen LogP contribution in [-0.2, 0) is 16.0 Å². The fourth-order valence-electron chi connectivity index (χ4n) is 2.64. The van der Waals surface area contributed by atoms with E-state index in [2.05, 4.69) is 9.78 Å². The van der Waals surface area contributed by atoms with E-state index in [0.717, 1.165) is 5.69 Å². The second-order valence-electron chi connectivity index (χ2n) is 5.24. The van der Waals surface area contributed by atoms with Crippen LogP contribution in [0.3, 0.4) is 0 Å². The van der Waals surface area contributed by atoms with Crippen molar-refractivity contribution in [2.45, 2.75) is 57.9 Å². The molecule has 0 atom stereocenters. The van der Waals surface area contributed by atoms with Gasteiger partial charge in [-0.05, 0) is 25.8 Å². The van der Waals surface area contributed by atoms with Gasteiger partial charge in [0.05, 0.1) is 24.8 Å². The van der Waals surface area contributed by atoms with Crippen LogP contribution in [-0.4, -0.2) is 28.8 Å². The minimum atomic E-state index is 0.211. The van der Waals surface area contributed by atoms with E-state index in [9.17, 15) is 4.79 Å². The number of aromatic nitrogens is 2. The van der Waals surface area contributed by atoms with Crippen LogP contribution in [0.15, 0.2) is 12.3 Å². The molecule has 0 bridgehead atoms. The Morgan fingerprint density at radius 2 is 2.21 bits per heavy atom. The average Bonchev–Trinajstić information content (AvgIpc) is 2.88. The molecule has 1 aromatic rings. The number of Topliss-reactive ketones (excluding diaryl/α,β-unsaturated/α-hetero) is 1. The fourth-order valence-corrected chi connectivity index (χ4v) is 2.64. The molecule has 2 rings (SSSR count). The minimum absolute atomic E-state index is 0.211. The van der Waals surface area contributed by atoms with Gasteiger partial charge in [0, 0.05) is 19.2 Å². The maximum Gasteiger partial charge on any atom is 0.141 e. The van der Waals surface area contributed by atoms with Crippen LogP contribution in [0.2, 0.25) is 0 Å². The van der Waals surface area contributed by atoms with Gasteiger partial charge in [-0.15, -0.1) is 0 Å². The molecular weight excluding hydrogens is 240 g/mol. The van der Waals surface area contributed by atoms with E-state index < -0.39 is 0 Å². The number of rotatable bonds is 7. The van der Waals surface area contributed by atoms with Crippen LogP contribution in [0, 0.1) is 0 Å². The van der Waals surface area contributed by atoms with Crippen molar-refractivity contribution in [2.24, 2.45) is 0 Å². The third-order valence-corrected chi connectivity index (χ3v) is 3.72. The Morgan fingerprint density at radius 3 is 2.95 bits per heavy atom. The summed E-state index contributed by atoms with van der Waals surface area (Å²) in [5.74, 6) is 0.211. The molecule has 0 N–H and O–H groups in total. The maximum absolute atomic E-state index is 11.7. The molecular formula is C15H24N2O2. The van der Waals surface area contributed by atoms with Crippen molar-refractivity contribution in [3.63, 3.8) is 0 Å². The highest BCUT2D eigenvalue weighted by molar-refractivity contribution is 5.80. The monoisotopic (exact) mass is 264 g/mol. The molecule has 19 heavy (non-hydrogen) atoms. The maximum atomic E-state index is 11.7. The zero-order valence-corrected chi connectivity index (χ0v) is 11.8. The zero-order chi connectivity index (χ0) is 13.5. The summed E-state index contributed by atoms with van der Waals surface area (Å²) in [4.78, 5) is 11.7. The molecule has 0 radical (unpaired) electrons. The molecule has 0 saturated heterocycles. The van der Waals surface area contributed by atoms with Crippen molar-refractivity contribution in [3.05, 3.63) is 18.0 Å². The summed E-state index contributed by atoms with van der Waals surface area (Å²) in [5, 5.41) is 4.56. The number of hydrogen-bond acceptors (Lipinski definition) is 3. The molecule has 1 aliphatic carbocycles. The molecule has 1 fully saturated rings. The number of carbonyl (C=O) groups is 1. The van der Waals surface area contributed by atoms with Crippen LogP contribution in [0.1, 0.15) is 57.2 Å². The van der Waals surface area contributed by atoms with Gasteiger partial charge in [-0.25, -0.2) is 0 Å². The van der Waals surface area contributed by atoms with Gasteiger partial charge >= 0.3 is 0 Å². The Bertz CT molecular complexity index is 395. The molecule has 4 heteroatoms. The van der Waals surface area contributed by atoms with Gasteiger partial charge in [-0.2, -0.15) is 5.10 Å². The van der Waals surface area contributed by atoms with Crippen LogP contribution in [0.25, 0.3) is 0 Å². The van der Waals surface area contributed by atoms with Gasteiger partial charge in [0.15, 0.2) is 0 Å². The van der Waals surface area contributed by atoms with Gasteiger partial charge in [-0.3, -0.25) is 9.48 Å². The number of carbonyl (C=O) groups excluding carboxylic acids is 1. The molecule has 0 spiro atoms. The second kappa shape index (κ2) is 7.43. The molecule has 0 amide bonds. The molecule has 1 aromatic heterocycles. The van der Waals surface area contributed by atoms with Crippen LogP contribution in [0.4, 0.5) is 0 Å². The smallest absolute Gasteiger partial charge is 0.141 e.